The number of ether oxygens (including phenoxy) is 3. The number of thioether (sulfide) groups is 1. The Bertz CT molecular complexity index is 1350. The highest BCUT2D eigenvalue weighted by atomic mass is 79.9. The number of esters is 1. The Morgan fingerprint density at radius 1 is 1.05 bits per heavy atom. The van der Waals surface area contributed by atoms with Gasteiger partial charge in [0.1, 0.15) is 12.4 Å². The van der Waals surface area contributed by atoms with E-state index in [0.717, 1.165) is 16.7 Å². The highest BCUT2D eigenvalue weighted by Crippen LogP contribution is 2.39. The second-order valence-electron chi connectivity index (χ2n) is 7.65. The number of carbonyl (C=O) groups excluding carboxylic acids is 3. The highest BCUT2D eigenvalue weighted by Gasteiger charge is 2.35. The van der Waals surface area contributed by atoms with Gasteiger partial charge in [0.25, 0.3) is 11.1 Å². The van der Waals surface area contributed by atoms with Crippen molar-refractivity contribution in [1.29, 1.82) is 0 Å². The molecule has 1 heterocycles. The first-order valence-corrected chi connectivity index (χ1v) is 13.2. The first-order valence-electron chi connectivity index (χ1n) is 11.2. The predicted octanol–water partition coefficient (Wildman–Crippen LogP) is 6.84. The van der Waals surface area contributed by atoms with Gasteiger partial charge in [-0.15, -0.1) is 0 Å². The number of hydrogen-bond acceptors (Lipinski definition) is 7. The van der Waals surface area contributed by atoms with E-state index in [9.17, 15) is 14.4 Å². The molecule has 2 amide bonds. The Morgan fingerprint density at radius 2 is 1.78 bits per heavy atom. The van der Waals surface area contributed by atoms with Crippen LogP contribution in [0.25, 0.3) is 6.08 Å². The molecule has 0 spiro atoms. The molecule has 0 N–H and O–H groups in total. The average Bonchev–Trinajstić information content (AvgIpc) is 3.15. The predicted molar refractivity (Wildman–Crippen MR) is 146 cm³/mol. The minimum absolute atomic E-state index is 0.104. The molecule has 1 fully saturated rings. The van der Waals surface area contributed by atoms with Crippen LogP contribution >= 0.6 is 39.3 Å². The summed E-state index contributed by atoms with van der Waals surface area (Å²) in [6.07, 6.45) is 1.60. The zero-order valence-electron chi connectivity index (χ0n) is 19.6. The van der Waals surface area contributed by atoms with Crippen molar-refractivity contribution in [2.24, 2.45) is 0 Å². The number of amides is 2. The third kappa shape index (κ3) is 6.74. The molecule has 1 saturated heterocycles. The summed E-state index contributed by atoms with van der Waals surface area (Å²) in [6, 6.07) is 18.8. The molecule has 0 atom stereocenters. The van der Waals surface area contributed by atoms with Crippen LogP contribution in [0.3, 0.4) is 0 Å². The topological polar surface area (TPSA) is 82.1 Å². The molecule has 4 rings (SSSR count). The van der Waals surface area contributed by atoms with E-state index in [-0.39, 0.29) is 29.0 Å². The van der Waals surface area contributed by atoms with Gasteiger partial charge >= 0.3 is 5.97 Å². The third-order valence-corrected chi connectivity index (χ3v) is 6.85. The fourth-order valence-electron chi connectivity index (χ4n) is 3.39. The Morgan fingerprint density at radius 3 is 2.49 bits per heavy atom. The molecule has 0 aliphatic carbocycles. The molecule has 1 aliphatic heterocycles. The standard InChI is InChI=1S/C27H21BrClNO6S/c1-2-34-22-15-17(14-21(28)24(22)36-26(32)18-6-4-3-5-7-18)16-23-25(31)30(27(33)37-23)12-13-35-20-10-8-19(29)9-11-20/h3-11,14-16H,2,12-13H2,1H3/b23-16-. The van der Waals surface area contributed by atoms with Crippen molar-refractivity contribution in [3.05, 3.63) is 92.3 Å². The van der Waals surface area contributed by atoms with E-state index in [1.807, 2.05) is 6.07 Å². The van der Waals surface area contributed by atoms with Gasteiger partial charge in [-0.2, -0.15) is 0 Å². The third-order valence-electron chi connectivity index (χ3n) is 5.10. The van der Waals surface area contributed by atoms with Gasteiger partial charge in [-0.1, -0.05) is 29.8 Å². The van der Waals surface area contributed by atoms with E-state index >= 15 is 0 Å². The van der Waals surface area contributed by atoms with Gasteiger partial charge in [0.2, 0.25) is 0 Å². The summed E-state index contributed by atoms with van der Waals surface area (Å²) in [5.41, 5.74) is 0.993. The Kier molecular flexibility index (Phi) is 8.91. The van der Waals surface area contributed by atoms with Crippen LogP contribution in [0.2, 0.25) is 5.02 Å². The highest BCUT2D eigenvalue weighted by molar-refractivity contribution is 9.10. The van der Waals surface area contributed by atoms with E-state index in [1.54, 1.807) is 73.7 Å². The van der Waals surface area contributed by atoms with Crippen LogP contribution in [-0.4, -0.2) is 41.8 Å². The molecule has 0 saturated carbocycles. The second kappa shape index (κ2) is 12.3. The van der Waals surface area contributed by atoms with Crippen LogP contribution in [0, 0.1) is 0 Å². The molecule has 10 heteroatoms. The number of benzene rings is 3. The van der Waals surface area contributed by atoms with E-state index in [4.69, 9.17) is 25.8 Å². The monoisotopic (exact) mass is 601 g/mol. The van der Waals surface area contributed by atoms with Crippen LogP contribution in [0.4, 0.5) is 4.79 Å². The Labute approximate surface area is 231 Å². The number of imide groups is 1. The molecule has 0 aromatic heterocycles. The maximum atomic E-state index is 12.9. The lowest BCUT2D eigenvalue weighted by Crippen LogP contribution is -2.32. The van der Waals surface area contributed by atoms with Crippen LogP contribution in [0.15, 0.2) is 76.1 Å². The lowest BCUT2D eigenvalue weighted by molar-refractivity contribution is -0.123. The van der Waals surface area contributed by atoms with Crippen LogP contribution in [-0.2, 0) is 4.79 Å². The molecule has 1 aliphatic rings. The molecular formula is C27H21BrClNO6S. The van der Waals surface area contributed by atoms with E-state index < -0.39 is 11.9 Å². The van der Waals surface area contributed by atoms with Crippen LogP contribution in [0.1, 0.15) is 22.8 Å². The molecule has 0 radical (unpaired) electrons. The zero-order chi connectivity index (χ0) is 26.4. The van der Waals surface area contributed by atoms with Gasteiger partial charge in [-0.05, 0) is 94.8 Å². The SMILES string of the molecule is CCOc1cc(/C=C2\SC(=O)N(CCOc3ccc(Cl)cc3)C2=O)cc(Br)c1OC(=O)c1ccccc1. The van der Waals surface area contributed by atoms with Crippen molar-refractivity contribution in [1.82, 2.24) is 4.90 Å². The van der Waals surface area contributed by atoms with Crippen LogP contribution in [0.5, 0.6) is 17.2 Å². The first kappa shape index (κ1) is 26.8. The molecule has 37 heavy (non-hydrogen) atoms. The normalized spacial score (nSPS) is 14.2. The first-order chi connectivity index (χ1) is 17.9. The van der Waals surface area contributed by atoms with E-state index in [0.29, 0.717) is 38.7 Å². The molecule has 0 unspecified atom stereocenters. The molecule has 7 nitrogen and oxygen atoms in total. The molecule has 3 aromatic carbocycles. The number of nitrogens with zero attached hydrogens (tertiary/aromatic N) is 1. The molecule has 0 bridgehead atoms. The fourth-order valence-corrected chi connectivity index (χ4v) is 4.92. The van der Waals surface area contributed by atoms with Gasteiger partial charge in [0, 0.05) is 5.02 Å². The molecule has 3 aromatic rings. The lowest BCUT2D eigenvalue weighted by Gasteiger charge is -2.14. The quantitative estimate of drug-likeness (QED) is 0.151. The lowest BCUT2D eigenvalue weighted by atomic mass is 10.1. The van der Waals surface area contributed by atoms with Gasteiger partial charge < -0.3 is 14.2 Å². The zero-order valence-corrected chi connectivity index (χ0v) is 22.8. The summed E-state index contributed by atoms with van der Waals surface area (Å²) in [5, 5.41) is 0.207. The summed E-state index contributed by atoms with van der Waals surface area (Å²) < 4.78 is 17.4. The summed E-state index contributed by atoms with van der Waals surface area (Å²) >= 11 is 10.2. The maximum absolute atomic E-state index is 12.9. The largest absolute Gasteiger partial charge is 0.492 e. The fraction of sp³-hybridized carbons (Fsp3) is 0.148. The van der Waals surface area contributed by atoms with Crippen molar-refractivity contribution in [2.75, 3.05) is 19.8 Å². The Hall–Kier alpha value is -3.27. The molecule has 190 valence electrons. The van der Waals surface area contributed by atoms with Gasteiger partial charge in [-0.25, -0.2) is 4.79 Å². The van der Waals surface area contributed by atoms with Crippen molar-refractivity contribution in [2.45, 2.75) is 6.92 Å². The number of carbonyl (C=O) groups is 3. The summed E-state index contributed by atoms with van der Waals surface area (Å²) in [6.45, 7) is 2.39. The van der Waals surface area contributed by atoms with Crippen molar-refractivity contribution in [3.8, 4) is 17.2 Å². The van der Waals surface area contributed by atoms with Crippen molar-refractivity contribution >= 4 is 62.5 Å². The number of halogens is 2. The smallest absolute Gasteiger partial charge is 0.343 e. The number of rotatable bonds is 9. The van der Waals surface area contributed by atoms with Gasteiger partial charge in [0.15, 0.2) is 11.5 Å². The van der Waals surface area contributed by atoms with Crippen molar-refractivity contribution < 1.29 is 28.6 Å². The summed E-state index contributed by atoms with van der Waals surface area (Å²) in [4.78, 5) is 39.4. The van der Waals surface area contributed by atoms with Crippen molar-refractivity contribution in [3.63, 3.8) is 0 Å². The summed E-state index contributed by atoms with van der Waals surface area (Å²) in [5.74, 6) is 0.192. The van der Waals surface area contributed by atoms with E-state index in [2.05, 4.69) is 15.9 Å². The Balaban J connectivity index is 1.48. The maximum Gasteiger partial charge on any atom is 0.343 e. The minimum atomic E-state index is -0.531. The molecular weight excluding hydrogens is 582 g/mol. The minimum Gasteiger partial charge on any atom is -0.492 e. The van der Waals surface area contributed by atoms with Gasteiger partial charge in [-0.3, -0.25) is 14.5 Å². The summed E-state index contributed by atoms with van der Waals surface area (Å²) in [7, 11) is 0. The average molecular weight is 603 g/mol. The number of hydrogen-bond donors (Lipinski definition) is 0. The van der Waals surface area contributed by atoms with E-state index in [1.165, 1.54) is 0 Å². The van der Waals surface area contributed by atoms with Crippen LogP contribution < -0.4 is 14.2 Å². The van der Waals surface area contributed by atoms with Gasteiger partial charge in [0.05, 0.1) is 28.1 Å². The second-order valence-corrected chi connectivity index (χ2v) is 9.94.